The topological polar surface area (TPSA) is 104 Å². The Morgan fingerprint density at radius 2 is 1.97 bits per heavy atom. The van der Waals surface area contributed by atoms with Crippen LogP contribution in [0.1, 0.15) is 31.6 Å². The number of aromatic nitrogens is 6. The Morgan fingerprint density at radius 1 is 1.16 bits per heavy atom. The molecule has 2 N–H and O–H groups in total. The van der Waals surface area contributed by atoms with Crippen LogP contribution in [0.3, 0.4) is 0 Å². The molecule has 31 heavy (non-hydrogen) atoms. The number of aromatic amines is 1. The third-order valence-electron chi connectivity index (χ3n) is 5.79. The van der Waals surface area contributed by atoms with Gasteiger partial charge in [-0.15, -0.1) is 15.3 Å². The Bertz CT molecular complexity index is 1180. The summed E-state index contributed by atoms with van der Waals surface area (Å²) in [5.74, 6) is 1.70. The number of carbonyl (C=O) groups is 1. The van der Waals surface area contributed by atoms with Gasteiger partial charge in [0.25, 0.3) is 0 Å². The highest BCUT2D eigenvalue weighted by Gasteiger charge is 2.27. The van der Waals surface area contributed by atoms with Crippen LogP contribution in [0.15, 0.2) is 55.0 Å². The minimum atomic E-state index is -0.180. The molecular weight excluding hydrogens is 392 g/mol. The van der Waals surface area contributed by atoms with Crippen molar-refractivity contribution in [2.75, 3.05) is 18.0 Å². The number of nitrogens with zero attached hydrogens (tertiary/aromatic N) is 6. The van der Waals surface area contributed by atoms with Gasteiger partial charge in [-0.25, -0.2) is 4.98 Å². The second kappa shape index (κ2) is 8.17. The zero-order chi connectivity index (χ0) is 21.2. The smallest absolute Gasteiger partial charge is 0.223 e. The number of carbonyl (C=O) groups excluding carboxylic acids is 1. The fourth-order valence-electron chi connectivity index (χ4n) is 3.98. The molecule has 1 aliphatic heterocycles. The number of hydrogen-bond acceptors (Lipinski definition) is 6. The molecular formula is C22H24N8O. The fraction of sp³-hybridized carbons (Fsp3) is 0.318. The minimum Gasteiger partial charge on any atom is -0.355 e. The summed E-state index contributed by atoms with van der Waals surface area (Å²) in [6, 6.07) is 13.7. The van der Waals surface area contributed by atoms with E-state index in [9.17, 15) is 4.79 Å². The van der Waals surface area contributed by atoms with E-state index in [0.29, 0.717) is 0 Å². The third kappa shape index (κ3) is 3.98. The predicted octanol–water partition coefficient (Wildman–Crippen LogP) is 2.61. The summed E-state index contributed by atoms with van der Waals surface area (Å²) in [5, 5.41) is 15.5. The lowest BCUT2D eigenvalue weighted by atomic mass is 9.95. The van der Waals surface area contributed by atoms with Gasteiger partial charge in [-0.1, -0.05) is 30.3 Å². The number of piperidine rings is 1. The van der Waals surface area contributed by atoms with Crippen molar-refractivity contribution in [2.24, 2.45) is 5.92 Å². The van der Waals surface area contributed by atoms with E-state index < -0.39 is 0 Å². The average molecular weight is 416 g/mol. The van der Waals surface area contributed by atoms with Crippen LogP contribution in [0.5, 0.6) is 0 Å². The van der Waals surface area contributed by atoms with E-state index in [4.69, 9.17) is 0 Å². The van der Waals surface area contributed by atoms with Crippen molar-refractivity contribution in [1.29, 1.82) is 0 Å². The van der Waals surface area contributed by atoms with Crippen molar-refractivity contribution in [1.82, 2.24) is 35.1 Å². The number of H-pyrrole nitrogens is 1. The molecule has 0 saturated carbocycles. The summed E-state index contributed by atoms with van der Waals surface area (Å²) in [6.45, 7) is 3.52. The third-order valence-corrected chi connectivity index (χ3v) is 5.79. The second-order valence-electron chi connectivity index (χ2n) is 7.86. The Balaban J connectivity index is 1.17. The van der Waals surface area contributed by atoms with Crippen molar-refractivity contribution < 1.29 is 4.79 Å². The van der Waals surface area contributed by atoms with E-state index in [1.54, 1.807) is 10.8 Å². The molecule has 1 unspecified atom stereocenters. The molecule has 1 aromatic carbocycles. The molecule has 9 heteroatoms. The fourth-order valence-corrected chi connectivity index (χ4v) is 3.98. The molecule has 0 aliphatic carbocycles. The standard InChI is InChI=1S/C22H24N8O/c1-15(21-23-13-18(26-21)16-5-3-2-4-6-16)25-22(31)17-9-11-29(12-10-17)20-8-7-19-27-24-14-30(19)28-20/h2-8,13-15,17H,9-12H2,1H3,(H,23,26)(H,25,31). The Morgan fingerprint density at radius 3 is 2.77 bits per heavy atom. The molecule has 0 bridgehead atoms. The van der Waals surface area contributed by atoms with E-state index in [2.05, 4.69) is 35.5 Å². The van der Waals surface area contributed by atoms with Crippen molar-refractivity contribution in [2.45, 2.75) is 25.8 Å². The van der Waals surface area contributed by atoms with E-state index in [0.717, 1.165) is 54.5 Å². The Kier molecular flexibility index (Phi) is 5.07. The van der Waals surface area contributed by atoms with Gasteiger partial charge in [0.05, 0.1) is 17.9 Å². The van der Waals surface area contributed by atoms with Crippen molar-refractivity contribution in [3.05, 3.63) is 60.8 Å². The molecule has 9 nitrogen and oxygen atoms in total. The maximum Gasteiger partial charge on any atom is 0.223 e. The highest BCUT2D eigenvalue weighted by atomic mass is 16.2. The lowest BCUT2D eigenvalue weighted by Gasteiger charge is -2.32. The van der Waals surface area contributed by atoms with E-state index >= 15 is 0 Å². The van der Waals surface area contributed by atoms with E-state index in [1.165, 1.54) is 0 Å². The zero-order valence-corrected chi connectivity index (χ0v) is 17.3. The summed E-state index contributed by atoms with van der Waals surface area (Å²) >= 11 is 0. The normalized spacial score (nSPS) is 15.8. The molecule has 0 radical (unpaired) electrons. The maximum absolute atomic E-state index is 12.8. The van der Waals surface area contributed by atoms with Gasteiger partial charge in [-0.2, -0.15) is 4.52 Å². The number of hydrogen-bond donors (Lipinski definition) is 2. The first-order valence-electron chi connectivity index (χ1n) is 10.5. The molecule has 1 atom stereocenters. The number of fused-ring (bicyclic) bond motifs is 1. The van der Waals surface area contributed by atoms with Crippen LogP contribution in [0, 0.1) is 5.92 Å². The second-order valence-corrected chi connectivity index (χ2v) is 7.86. The number of rotatable bonds is 5. The first-order valence-corrected chi connectivity index (χ1v) is 10.5. The first kappa shape index (κ1) is 19.2. The van der Waals surface area contributed by atoms with Crippen LogP contribution >= 0.6 is 0 Å². The van der Waals surface area contributed by atoms with Gasteiger partial charge in [0, 0.05) is 19.0 Å². The predicted molar refractivity (Wildman–Crippen MR) is 116 cm³/mol. The van der Waals surface area contributed by atoms with Crippen LogP contribution in [-0.4, -0.2) is 48.8 Å². The number of nitrogens with one attached hydrogen (secondary N) is 2. The summed E-state index contributed by atoms with van der Waals surface area (Å²) in [6.07, 6.45) is 4.98. The molecule has 1 fully saturated rings. The highest BCUT2D eigenvalue weighted by molar-refractivity contribution is 5.79. The van der Waals surface area contributed by atoms with Crippen molar-refractivity contribution in [3.63, 3.8) is 0 Å². The lowest BCUT2D eigenvalue weighted by Crippen LogP contribution is -2.41. The van der Waals surface area contributed by atoms with Crippen LogP contribution < -0.4 is 10.2 Å². The largest absolute Gasteiger partial charge is 0.355 e. The maximum atomic E-state index is 12.8. The van der Waals surface area contributed by atoms with Crippen LogP contribution in [0.2, 0.25) is 0 Å². The van der Waals surface area contributed by atoms with Gasteiger partial charge < -0.3 is 15.2 Å². The highest BCUT2D eigenvalue weighted by Crippen LogP contribution is 2.24. The van der Waals surface area contributed by atoms with Crippen LogP contribution in [0.25, 0.3) is 16.9 Å². The van der Waals surface area contributed by atoms with E-state index in [-0.39, 0.29) is 17.9 Å². The van der Waals surface area contributed by atoms with Crippen LogP contribution in [0.4, 0.5) is 5.82 Å². The molecule has 4 aromatic rings. The molecule has 1 saturated heterocycles. The summed E-state index contributed by atoms with van der Waals surface area (Å²) < 4.78 is 1.67. The quantitative estimate of drug-likeness (QED) is 0.518. The van der Waals surface area contributed by atoms with Gasteiger partial charge in [-0.3, -0.25) is 4.79 Å². The monoisotopic (exact) mass is 416 g/mol. The molecule has 4 heterocycles. The van der Waals surface area contributed by atoms with E-state index in [1.807, 2.05) is 55.6 Å². The summed E-state index contributed by atoms with van der Waals surface area (Å²) in [5.41, 5.74) is 2.74. The average Bonchev–Trinajstić information content (AvgIpc) is 3.49. The molecule has 1 amide bonds. The first-order chi connectivity index (χ1) is 15.2. The van der Waals surface area contributed by atoms with Crippen molar-refractivity contribution >= 4 is 17.4 Å². The Labute approximate surface area is 179 Å². The molecule has 3 aromatic heterocycles. The van der Waals surface area contributed by atoms with Gasteiger partial charge >= 0.3 is 0 Å². The van der Waals surface area contributed by atoms with Gasteiger partial charge in [0.2, 0.25) is 5.91 Å². The Hall–Kier alpha value is -3.75. The lowest BCUT2D eigenvalue weighted by molar-refractivity contribution is -0.126. The number of benzene rings is 1. The summed E-state index contributed by atoms with van der Waals surface area (Å²) in [7, 11) is 0. The molecule has 5 rings (SSSR count). The van der Waals surface area contributed by atoms with Gasteiger partial charge in [0.15, 0.2) is 5.65 Å². The molecule has 1 aliphatic rings. The number of anilines is 1. The SMILES string of the molecule is CC(NC(=O)C1CCN(c2ccc3nncn3n2)CC1)c1ncc(-c2ccccc2)[nH]1. The van der Waals surface area contributed by atoms with Crippen LogP contribution in [-0.2, 0) is 4.79 Å². The number of amides is 1. The molecule has 0 spiro atoms. The van der Waals surface area contributed by atoms with Gasteiger partial charge in [0.1, 0.15) is 18.0 Å². The van der Waals surface area contributed by atoms with Crippen molar-refractivity contribution in [3.8, 4) is 11.3 Å². The zero-order valence-electron chi connectivity index (χ0n) is 17.3. The summed E-state index contributed by atoms with van der Waals surface area (Å²) in [4.78, 5) is 22.8. The van der Waals surface area contributed by atoms with Gasteiger partial charge in [-0.05, 0) is 37.5 Å². The minimum absolute atomic E-state index is 0.0131. The molecule has 158 valence electrons. The number of imidazole rings is 1.